The van der Waals surface area contributed by atoms with Gasteiger partial charge >= 0.3 is 0 Å². The van der Waals surface area contributed by atoms with Crippen molar-refractivity contribution in [2.45, 2.75) is 13.0 Å². The third-order valence-electron chi connectivity index (χ3n) is 4.13. The number of benzene rings is 1. The Morgan fingerprint density at radius 3 is 2.72 bits per heavy atom. The summed E-state index contributed by atoms with van der Waals surface area (Å²) in [6.45, 7) is 1.88. The molecule has 0 saturated carbocycles. The molecule has 0 radical (unpaired) electrons. The van der Waals surface area contributed by atoms with E-state index in [0.717, 1.165) is 16.9 Å². The number of allylic oxidation sites excluding steroid dienone is 1. The average molecular weight is 333 g/mol. The standard InChI is InChI=1S/C18H16N6O/c1-12-15(17(25)23-14-5-3-2-4-6-14)16(13-7-9-19-10-8-13)24-18(22-12)20-11-21-24/h2-11,16H,1H3,(H,23,25)(H,20,21,22)/p+1. The molecule has 2 aromatic heterocycles. The summed E-state index contributed by atoms with van der Waals surface area (Å²) in [7, 11) is 0. The summed E-state index contributed by atoms with van der Waals surface area (Å²) >= 11 is 0. The molecule has 0 fully saturated rings. The maximum Gasteiger partial charge on any atom is 0.255 e. The normalized spacial score (nSPS) is 16.1. The number of anilines is 2. The number of aromatic nitrogens is 4. The van der Waals surface area contributed by atoms with Crippen LogP contribution in [0.4, 0.5) is 11.6 Å². The van der Waals surface area contributed by atoms with Crippen LogP contribution in [0, 0.1) is 0 Å². The van der Waals surface area contributed by atoms with Crippen LogP contribution < -0.4 is 15.6 Å². The van der Waals surface area contributed by atoms with Gasteiger partial charge in [-0.15, -0.1) is 0 Å². The third kappa shape index (κ3) is 2.76. The van der Waals surface area contributed by atoms with Gasteiger partial charge in [-0.25, -0.2) is 9.67 Å². The smallest absolute Gasteiger partial charge is 0.255 e. The molecule has 1 amide bonds. The van der Waals surface area contributed by atoms with Crippen LogP contribution in [0.25, 0.3) is 0 Å². The van der Waals surface area contributed by atoms with Crippen LogP contribution in [0.1, 0.15) is 18.5 Å². The number of hydrogen-bond acceptors (Lipinski definition) is 4. The minimum absolute atomic E-state index is 0.171. The number of pyridine rings is 1. The Morgan fingerprint density at radius 2 is 1.96 bits per heavy atom. The van der Waals surface area contributed by atoms with Crippen LogP contribution >= 0.6 is 0 Å². The molecular formula is C18H17N6O+. The molecule has 0 spiro atoms. The molecule has 1 aromatic carbocycles. The van der Waals surface area contributed by atoms with Crippen molar-refractivity contribution in [1.29, 1.82) is 0 Å². The SMILES string of the molecule is CC1=C(C(=O)Nc2ccccc2)C(c2cc[nH+]cc2)n2ncnc2N1. The van der Waals surface area contributed by atoms with Crippen LogP contribution in [0.3, 0.4) is 0 Å². The average Bonchev–Trinajstić information content (AvgIpc) is 3.10. The molecule has 1 unspecified atom stereocenters. The van der Waals surface area contributed by atoms with Crippen molar-refractivity contribution in [2.75, 3.05) is 10.6 Å². The molecule has 1 atom stereocenters. The van der Waals surface area contributed by atoms with Gasteiger partial charge in [0.25, 0.3) is 5.91 Å². The lowest BCUT2D eigenvalue weighted by atomic mass is 9.96. The number of H-pyrrole nitrogens is 1. The third-order valence-corrected chi connectivity index (χ3v) is 4.13. The number of aromatic amines is 1. The minimum atomic E-state index is -0.350. The maximum atomic E-state index is 13.0. The van der Waals surface area contributed by atoms with Crippen molar-refractivity contribution >= 4 is 17.5 Å². The van der Waals surface area contributed by atoms with Crippen molar-refractivity contribution in [2.24, 2.45) is 0 Å². The summed E-state index contributed by atoms with van der Waals surface area (Å²) in [5.74, 6) is 0.446. The molecule has 1 aliphatic heterocycles. The summed E-state index contributed by atoms with van der Waals surface area (Å²) in [6, 6.07) is 12.9. The highest BCUT2D eigenvalue weighted by atomic mass is 16.1. The first-order chi connectivity index (χ1) is 12.2. The van der Waals surface area contributed by atoms with Crippen LogP contribution in [-0.2, 0) is 4.79 Å². The highest BCUT2D eigenvalue weighted by Crippen LogP contribution is 2.34. The highest BCUT2D eigenvalue weighted by Gasteiger charge is 2.33. The monoisotopic (exact) mass is 333 g/mol. The summed E-state index contributed by atoms with van der Waals surface area (Å²) in [5.41, 5.74) is 3.06. The molecule has 3 N–H and O–H groups in total. The highest BCUT2D eigenvalue weighted by molar-refractivity contribution is 6.05. The molecule has 0 aliphatic carbocycles. The van der Waals surface area contributed by atoms with Gasteiger partial charge in [0.2, 0.25) is 5.95 Å². The Hall–Kier alpha value is -3.48. The first-order valence-electron chi connectivity index (χ1n) is 7.94. The number of para-hydroxylation sites is 1. The summed E-state index contributed by atoms with van der Waals surface area (Å²) in [4.78, 5) is 20.3. The second-order valence-corrected chi connectivity index (χ2v) is 5.75. The summed E-state index contributed by atoms with van der Waals surface area (Å²) < 4.78 is 1.72. The lowest BCUT2D eigenvalue weighted by Gasteiger charge is -2.28. The topological polar surface area (TPSA) is 86.0 Å². The molecule has 0 bridgehead atoms. The van der Waals surface area contributed by atoms with E-state index in [0.29, 0.717) is 11.5 Å². The number of amides is 1. The number of carbonyl (C=O) groups excluding carboxylic acids is 1. The van der Waals surface area contributed by atoms with E-state index in [2.05, 4.69) is 25.7 Å². The van der Waals surface area contributed by atoms with E-state index < -0.39 is 0 Å². The van der Waals surface area contributed by atoms with Gasteiger partial charge in [0.15, 0.2) is 12.4 Å². The molecule has 4 rings (SSSR count). The molecule has 124 valence electrons. The van der Waals surface area contributed by atoms with E-state index in [1.165, 1.54) is 6.33 Å². The second-order valence-electron chi connectivity index (χ2n) is 5.75. The van der Waals surface area contributed by atoms with Gasteiger partial charge in [-0.3, -0.25) is 4.79 Å². The largest absolute Gasteiger partial charge is 0.328 e. The number of nitrogens with one attached hydrogen (secondary N) is 3. The van der Waals surface area contributed by atoms with Gasteiger partial charge < -0.3 is 10.6 Å². The second kappa shape index (κ2) is 6.20. The number of hydrogen-bond donors (Lipinski definition) is 2. The zero-order valence-corrected chi connectivity index (χ0v) is 13.6. The Bertz CT molecular complexity index is 932. The van der Waals surface area contributed by atoms with Crippen LogP contribution in [0.2, 0.25) is 0 Å². The molecular weight excluding hydrogens is 316 g/mol. The summed E-state index contributed by atoms with van der Waals surface area (Å²) in [5, 5.41) is 10.4. The fourth-order valence-electron chi connectivity index (χ4n) is 3.00. The Balaban J connectivity index is 1.77. The Labute approximate surface area is 144 Å². The first kappa shape index (κ1) is 15.1. The van der Waals surface area contributed by atoms with Gasteiger partial charge in [0.1, 0.15) is 12.4 Å². The van der Waals surface area contributed by atoms with Crippen molar-refractivity contribution < 1.29 is 9.78 Å². The quantitative estimate of drug-likeness (QED) is 0.768. The Morgan fingerprint density at radius 1 is 1.20 bits per heavy atom. The van der Waals surface area contributed by atoms with Gasteiger partial charge in [0, 0.05) is 23.5 Å². The lowest BCUT2D eigenvalue weighted by molar-refractivity contribution is -0.378. The van der Waals surface area contributed by atoms with Gasteiger partial charge in [-0.1, -0.05) is 18.2 Å². The van der Waals surface area contributed by atoms with Crippen LogP contribution in [0.5, 0.6) is 0 Å². The van der Waals surface area contributed by atoms with Crippen molar-refractivity contribution in [3.63, 3.8) is 0 Å². The zero-order chi connectivity index (χ0) is 17.2. The predicted octanol–water partition coefficient (Wildman–Crippen LogP) is 2.02. The van der Waals surface area contributed by atoms with E-state index in [9.17, 15) is 4.79 Å². The predicted molar refractivity (Wildman–Crippen MR) is 92.6 cm³/mol. The molecule has 25 heavy (non-hydrogen) atoms. The van der Waals surface area contributed by atoms with Crippen LogP contribution in [0.15, 0.2) is 72.5 Å². The molecule has 1 aliphatic rings. The van der Waals surface area contributed by atoms with E-state index >= 15 is 0 Å². The molecule has 0 saturated heterocycles. The van der Waals surface area contributed by atoms with Crippen LogP contribution in [-0.4, -0.2) is 20.7 Å². The number of nitrogens with zero attached hydrogens (tertiary/aromatic N) is 3. The summed E-state index contributed by atoms with van der Waals surface area (Å²) in [6.07, 6.45) is 5.14. The van der Waals surface area contributed by atoms with E-state index in [1.54, 1.807) is 4.68 Å². The fourth-order valence-corrected chi connectivity index (χ4v) is 3.00. The van der Waals surface area contributed by atoms with E-state index in [1.807, 2.05) is 61.8 Å². The van der Waals surface area contributed by atoms with Crippen molar-refractivity contribution in [1.82, 2.24) is 14.8 Å². The fraction of sp³-hybridized carbons (Fsp3) is 0.111. The van der Waals surface area contributed by atoms with E-state index in [-0.39, 0.29) is 11.9 Å². The molecule has 3 aromatic rings. The lowest BCUT2D eigenvalue weighted by Crippen LogP contribution is -2.31. The molecule has 7 nitrogen and oxygen atoms in total. The van der Waals surface area contributed by atoms with Gasteiger partial charge in [-0.05, 0) is 24.6 Å². The number of rotatable bonds is 3. The van der Waals surface area contributed by atoms with Crippen molar-refractivity contribution in [3.05, 3.63) is 78.0 Å². The number of carbonyl (C=O) groups is 1. The molecule has 7 heteroatoms. The zero-order valence-electron chi connectivity index (χ0n) is 13.6. The van der Waals surface area contributed by atoms with E-state index in [4.69, 9.17) is 0 Å². The van der Waals surface area contributed by atoms with Gasteiger partial charge in [-0.2, -0.15) is 10.1 Å². The first-order valence-corrected chi connectivity index (χ1v) is 7.94. The minimum Gasteiger partial charge on any atom is -0.328 e. The van der Waals surface area contributed by atoms with Gasteiger partial charge in [0.05, 0.1) is 5.57 Å². The maximum absolute atomic E-state index is 13.0. The van der Waals surface area contributed by atoms with Crippen molar-refractivity contribution in [3.8, 4) is 0 Å². The Kier molecular flexibility index (Phi) is 3.74. The molecule has 3 heterocycles. The number of fused-ring (bicyclic) bond motifs is 1.